The number of hydrazine groups is 1. The first-order valence-electron chi connectivity index (χ1n) is 7.19. The maximum atomic E-state index is 5.87. The van der Waals surface area contributed by atoms with Crippen LogP contribution in [0.5, 0.6) is 0 Å². The number of rotatable bonds is 4. The number of hydrogen-bond acceptors (Lipinski definition) is 5. The summed E-state index contributed by atoms with van der Waals surface area (Å²) in [6.07, 6.45) is 6.58. The minimum atomic E-state index is 0.0584. The van der Waals surface area contributed by atoms with Crippen LogP contribution >= 0.6 is 0 Å². The molecule has 0 spiro atoms. The van der Waals surface area contributed by atoms with Gasteiger partial charge in [-0.3, -0.25) is 10.7 Å². The number of morpholine rings is 1. The fourth-order valence-electron chi connectivity index (χ4n) is 3.74. The van der Waals surface area contributed by atoms with Gasteiger partial charge >= 0.3 is 0 Å². The average Bonchev–Trinajstić information content (AvgIpc) is 3.13. The Kier molecular flexibility index (Phi) is 3.88. The summed E-state index contributed by atoms with van der Waals surface area (Å²) in [5, 5.41) is 0. The Balaban J connectivity index is 1.89. The molecular formula is C14H23N3O2. The predicted molar refractivity (Wildman–Crippen MR) is 72.4 cm³/mol. The number of nitrogens with zero attached hydrogens (tertiary/aromatic N) is 1. The highest BCUT2D eigenvalue weighted by atomic mass is 16.5. The van der Waals surface area contributed by atoms with Gasteiger partial charge in [0.1, 0.15) is 5.76 Å². The highest BCUT2D eigenvalue weighted by Crippen LogP contribution is 2.44. The number of nitrogens with two attached hydrogens (primary N) is 1. The van der Waals surface area contributed by atoms with Crippen molar-refractivity contribution < 1.29 is 9.15 Å². The van der Waals surface area contributed by atoms with E-state index in [4.69, 9.17) is 15.0 Å². The van der Waals surface area contributed by atoms with Gasteiger partial charge in [-0.25, -0.2) is 5.43 Å². The van der Waals surface area contributed by atoms with Gasteiger partial charge in [0.2, 0.25) is 0 Å². The van der Waals surface area contributed by atoms with E-state index in [2.05, 4.69) is 10.3 Å². The third-order valence-corrected chi connectivity index (χ3v) is 4.64. The van der Waals surface area contributed by atoms with Crippen LogP contribution in [0.4, 0.5) is 0 Å². The second-order valence-electron chi connectivity index (χ2n) is 5.53. The van der Waals surface area contributed by atoms with E-state index in [0.29, 0.717) is 0 Å². The van der Waals surface area contributed by atoms with Crippen molar-refractivity contribution >= 4 is 0 Å². The molecule has 1 atom stereocenters. The lowest BCUT2D eigenvalue weighted by Gasteiger charge is -2.47. The summed E-state index contributed by atoms with van der Waals surface area (Å²) in [4.78, 5) is 2.55. The third-order valence-electron chi connectivity index (χ3n) is 4.64. The number of ether oxygens (including phenoxy) is 1. The highest BCUT2D eigenvalue weighted by molar-refractivity contribution is 5.15. The minimum Gasteiger partial charge on any atom is -0.468 e. The van der Waals surface area contributed by atoms with Gasteiger partial charge in [-0.1, -0.05) is 12.8 Å². The molecular weight excluding hydrogens is 242 g/mol. The van der Waals surface area contributed by atoms with Crippen molar-refractivity contribution in [2.75, 3.05) is 26.3 Å². The van der Waals surface area contributed by atoms with Gasteiger partial charge < -0.3 is 9.15 Å². The topological polar surface area (TPSA) is 63.7 Å². The summed E-state index contributed by atoms with van der Waals surface area (Å²) < 4.78 is 11.1. The SMILES string of the molecule is NNC(c1ccco1)C1(N2CCOCC2)CCCC1. The van der Waals surface area contributed by atoms with Gasteiger partial charge in [-0.15, -0.1) is 0 Å². The predicted octanol–water partition coefficient (Wildman–Crippen LogP) is 1.43. The molecule has 0 radical (unpaired) electrons. The van der Waals surface area contributed by atoms with E-state index < -0.39 is 0 Å². The van der Waals surface area contributed by atoms with Gasteiger partial charge in [0, 0.05) is 18.6 Å². The maximum Gasteiger partial charge on any atom is 0.123 e. The molecule has 2 heterocycles. The van der Waals surface area contributed by atoms with Crippen molar-refractivity contribution in [3.05, 3.63) is 24.2 Å². The second kappa shape index (κ2) is 5.63. The van der Waals surface area contributed by atoms with Crippen LogP contribution in [-0.4, -0.2) is 36.7 Å². The molecule has 2 fully saturated rings. The highest BCUT2D eigenvalue weighted by Gasteiger charge is 2.47. The third kappa shape index (κ3) is 2.31. The van der Waals surface area contributed by atoms with E-state index in [1.54, 1.807) is 6.26 Å². The van der Waals surface area contributed by atoms with Crippen molar-refractivity contribution in [3.8, 4) is 0 Å². The van der Waals surface area contributed by atoms with E-state index in [1.165, 1.54) is 25.7 Å². The van der Waals surface area contributed by atoms with Gasteiger partial charge in [0.15, 0.2) is 0 Å². The Labute approximate surface area is 114 Å². The molecule has 1 aliphatic heterocycles. The van der Waals surface area contributed by atoms with Crippen LogP contribution in [0.25, 0.3) is 0 Å². The molecule has 1 saturated carbocycles. The Bertz CT molecular complexity index is 381. The van der Waals surface area contributed by atoms with Gasteiger partial charge in [0.05, 0.1) is 25.5 Å². The van der Waals surface area contributed by atoms with Gasteiger partial charge in [-0.05, 0) is 25.0 Å². The fourth-order valence-corrected chi connectivity index (χ4v) is 3.74. The monoisotopic (exact) mass is 265 g/mol. The average molecular weight is 265 g/mol. The normalized spacial score (nSPS) is 25.5. The molecule has 0 aromatic carbocycles. The zero-order chi connectivity index (χ0) is 13.1. The smallest absolute Gasteiger partial charge is 0.123 e. The largest absolute Gasteiger partial charge is 0.468 e. The Morgan fingerprint density at radius 2 is 2.00 bits per heavy atom. The minimum absolute atomic E-state index is 0.0584. The molecule has 3 rings (SSSR count). The van der Waals surface area contributed by atoms with E-state index in [0.717, 1.165) is 32.1 Å². The standard InChI is InChI=1S/C14H23N3O2/c15-16-13(12-4-3-9-19-12)14(5-1-2-6-14)17-7-10-18-11-8-17/h3-4,9,13,16H,1-2,5-8,10-11,15H2. The Hall–Kier alpha value is -0.880. The lowest BCUT2D eigenvalue weighted by Crippen LogP contribution is -2.59. The summed E-state index contributed by atoms with van der Waals surface area (Å²) in [7, 11) is 0. The molecule has 3 N–H and O–H groups in total. The van der Waals surface area contributed by atoms with E-state index >= 15 is 0 Å². The summed E-state index contributed by atoms with van der Waals surface area (Å²) in [5.74, 6) is 6.81. The lowest BCUT2D eigenvalue weighted by molar-refractivity contribution is -0.0392. The van der Waals surface area contributed by atoms with E-state index in [9.17, 15) is 0 Å². The van der Waals surface area contributed by atoms with Crippen LogP contribution in [0, 0.1) is 0 Å². The summed E-state index contributed by atoms with van der Waals surface area (Å²) in [6.45, 7) is 3.60. The van der Waals surface area contributed by atoms with Gasteiger partial charge in [-0.2, -0.15) is 0 Å². The zero-order valence-corrected chi connectivity index (χ0v) is 11.3. The first-order chi connectivity index (χ1) is 9.37. The molecule has 0 bridgehead atoms. The van der Waals surface area contributed by atoms with Crippen molar-refractivity contribution in [3.63, 3.8) is 0 Å². The zero-order valence-electron chi connectivity index (χ0n) is 11.3. The summed E-state index contributed by atoms with van der Waals surface area (Å²) in [6, 6.07) is 4.01. The van der Waals surface area contributed by atoms with E-state index in [-0.39, 0.29) is 11.6 Å². The molecule has 5 heteroatoms. The van der Waals surface area contributed by atoms with Crippen molar-refractivity contribution in [1.82, 2.24) is 10.3 Å². The van der Waals surface area contributed by atoms with Crippen molar-refractivity contribution in [2.45, 2.75) is 37.3 Å². The molecule has 1 aromatic rings. The van der Waals surface area contributed by atoms with Crippen LogP contribution in [0.15, 0.2) is 22.8 Å². The Morgan fingerprint density at radius 3 is 2.58 bits per heavy atom. The quantitative estimate of drug-likeness (QED) is 0.637. The first kappa shape index (κ1) is 13.1. The molecule has 0 amide bonds. The fraction of sp³-hybridized carbons (Fsp3) is 0.714. The van der Waals surface area contributed by atoms with Crippen LogP contribution < -0.4 is 11.3 Å². The molecule has 19 heavy (non-hydrogen) atoms. The Morgan fingerprint density at radius 1 is 1.26 bits per heavy atom. The molecule has 1 saturated heterocycles. The number of nitrogens with one attached hydrogen (secondary N) is 1. The molecule has 5 nitrogen and oxygen atoms in total. The lowest BCUT2D eigenvalue weighted by atomic mass is 9.84. The van der Waals surface area contributed by atoms with Crippen molar-refractivity contribution in [1.29, 1.82) is 0 Å². The van der Waals surface area contributed by atoms with Crippen molar-refractivity contribution in [2.24, 2.45) is 5.84 Å². The first-order valence-corrected chi connectivity index (χ1v) is 7.19. The van der Waals surface area contributed by atoms with E-state index in [1.807, 2.05) is 12.1 Å². The van der Waals surface area contributed by atoms with Gasteiger partial charge in [0.25, 0.3) is 0 Å². The number of furan rings is 1. The van der Waals surface area contributed by atoms with Crippen LogP contribution in [-0.2, 0) is 4.74 Å². The second-order valence-corrected chi connectivity index (χ2v) is 5.53. The molecule has 106 valence electrons. The molecule has 2 aliphatic rings. The maximum absolute atomic E-state index is 5.87. The molecule has 1 aromatic heterocycles. The van der Waals surface area contributed by atoms with Crippen LogP contribution in [0.2, 0.25) is 0 Å². The summed E-state index contributed by atoms with van der Waals surface area (Å²) >= 11 is 0. The number of hydrogen-bond donors (Lipinski definition) is 2. The van der Waals surface area contributed by atoms with Crippen LogP contribution in [0.3, 0.4) is 0 Å². The summed E-state index contributed by atoms with van der Waals surface area (Å²) in [5.41, 5.74) is 3.09. The van der Waals surface area contributed by atoms with Crippen LogP contribution in [0.1, 0.15) is 37.5 Å². The molecule has 1 unspecified atom stereocenters. The molecule has 1 aliphatic carbocycles.